The van der Waals surface area contributed by atoms with Crippen LogP contribution in [0.5, 0.6) is 0 Å². The number of hydrogen-bond acceptors (Lipinski definition) is 3. The van der Waals surface area contributed by atoms with Gasteiger partial charge in [-0.2, -0.15) is 13.2 Å². The predicted octanol–water partition coefficient (Wildman–Crippen LogP) is 2.06. The van der Waals surface area contributed by atoms with E-state index in [1.807, 2.05) is 5.32 Å². The second kappa shape index (κ2) is 4.38. The Morgan fingerprint density at radius 3 is 2.62 bits per heavy atom. The minimum Gasteiger partial charge on any atom is -0.478 e. The van der Waals surface area contributed by atoms with Crippen molar-refractivity contribution < 1.29 is 23.1 Å². The third-order valence-corrected chi connectivity index (χ3v) is 1.72. The summed E-state index contributed by atoms with van der Waals surface area (Å²) in [5.41, 5.74) is 0.157. The number of hydrogen-bond donors (Lipinski definition) is 2. The molecule has 1 aromatic rings. The summed E-state index contributed by atoms with van der Waals surface area (Å²) in [6.45, 7) is 0.244. The summed E-state index contributed by atoms with van der Waals surface area (Å²) < 4.78 is 35.8. The molecular formula is C9H9F3N2O2. The lowest BCUT2D eigenvalue weighted by molar-refractivity contribution is -0.115. The van der Waals surface area contributed by atoms with Gasteiger partial charge < -0.3 is 10.4 Å². The molecule has 0 radical (unpaired) electrons. The number of nitrogens with zero attached hydrogens (tertiary/aromatic N) is 1. The van der Waals surface area contributed by atoms with Gasteiger partial charge in [0.1, 0.15) is 17.9 Å². The Morgan fingerprint density at radius 1 is 1.50 bits per heavy atom. The molecule has 0 aliphatic carbocycles. The van der Waals surface area contributed by atoms with Crippen molar-refractivity contribution in [1.29, 1.82) is 0 Å². The molecule has 0 aromatic carbocycles. The van der Waals surface area contributed by atoms with Crippen LogP contribution in [0.1, 0.15) is 16.1 Å². The molecule has 0 unspecified atom stereocenters. The largest absolute Gasteiger partial charge is 0.478 e. The predicted molar refractivity (Wildman–Crippen MR) is 50.5 cm³/mol. The number of carboxylic acid groups (broad SMARTS) is 1. The minimum atomic E-state index is -4.42. The van der Waals surface area contributed by atoms with E-state index in [0.29, 0.717) is 5.69 Å². The smallest absolute Gasteiger partial charge is 0.405 e. The summed E-state index contributed by atoms with van der Waals surface area (Å²) in [5, 5.41) is 10.7. The van der Waals surface area contributed by atoms with Crippen molar-refractivity contribution in [3.05, 3.63) is 23.4 Å². The Balaban J connectivity index is 2.93. The van der Waals surface area contributed by atoms with Crippen LogP contribution >= 0.6 is 0 Å². The van der Waals surface area contributed by atoms with Crippen LogP contribution in [0.3, 0.4) is 0 Å². The lowest BCUT2D eigenvalue weighted by atomic mass is 10.2. The zero-order chi connectivity index (χ0) is 12.3. The van der Waals surface area contributed by atoms with E-state index in [1.165, 1.54) is 12.1 Å². The SMILES string of the molecule is Cc1ccc(C(=O)O)c(NCC(F)(F)F)n1. The monoisotopic (exact) mass is 234 g/mol. The summed E-state index contributed by atoms with van der Waals surface area (Å²) in [6, 6.07) is 2.63. The average Bonchev–Trinajstić information content (AvgIpc) is 2.13. The molecule has 2 N–H and O–H groups in total. The first kappa shape index (κ1) is 12.3. The van der Waals surface area contributed by atoms with Gasteiger partial charge in [-0.3, -0.25) is 0 Å². The Hall–Kier alpha value is -1.79. The lowest BCUT2D eigenvalue weighted by Gasteiger charge is -2.11. The fraction of sp³-hybridized carbons (Fsp3) is 0.333. The molecule has 0 saturated heterocycles. The van der Waals surface area contributed by atoms with Crippen molar-refractivity contribution in [3.8, 4) is 0 Å². The molecule has 0 atom stereocenters. The summed E-state index contributed by atoms with van der Waals surface area (Å²) in [5.74, 6) is -1.60. The molecule has 16 heavy (non-hydrogen) atoms. The highest BCUT2D eigenvalue weighted by molar-refractivity contribution is 5.93. The second-order valence-electron chi connectivity index (χ2n) is 3.12. The highest BCUT2D eigenvalue weighted by Crippen LogP contribution is 2.18. The number of pyridine rings is 1. The van der Waals surface area contributed by atoms with Crippen LogP contribution in [0, 0.1) is 6.92 Å². The minimum absolute atomic E-state index is 0.273. The van der Waals surface area contributed by atoms with Gasteiger partial charge in [-0.15, -0.1) is 0 Å². The fourth-order valence-corrected chi connectivity index (χ4v) is 1.05. The first-order valence-electron chi connectivity index (χ1n) is 4.31. The maximum absolute atomic E-state index is 11.9. The molecule has 7 heteroatoms. The highest BCUT2D eigenvalue weighted by atomic mass is 19.4. The van der Waals surface area contributed by atoms with E-state index < -0.39 is 18.7 Å². The van der Waals surface area contributed by atoms with Crippen LogP contribution in [-0.2, 0) is 0 Å². The fourth-order valence-electron chi connectivity index (χ4n) is 1.05. The molecule has 1 heterocycles. The normalized spacial score (nSPS) is 11.2. The molecule has 0 saturated carbocycles. The van der Waals surface area contributed by atoms with Gasteiger partial charge in [0, 0.05) is 5.69 Å². The Kier molecular flexibility index (Phi) is 3.36. The number of alkyl halides is 3. The summed E-state index contributed by atoms with van der Waals surface area (Å²) >= 11 is 0. The van der Waals surface area contributed by atoms with E-state index in [0.717, 1.165) is 0 Å². The van der Waals surface area contributed by atoms with Crippen LogP contribution in [-0.4, -0.2) is 28.8 Å². The first-order valence-corrected chi connectivity index (χ1v) is 4.31. The molecule has 88 valence electrons. The van der Waals surface area contributed by atoms with Crippen molar-refractivity contribution in [3.63, 3.8) is 0 Å². The summed E-state index contributed by atoms with van der Waals surface area (Å²) in [4.78, 5) is 14.4. The molecule has 0 amide bonds. The standard InChI is InChI=1S/C9H9F3N2O2/c1-5-2-3-6(8(15)16)7(14-5)13-4-9(10,11)12/h2-3H,4H2,1H3,(H,13,14)(H,15,16). The van der Waals surface area contributed by atoms with Crippen LogP contribution < -0.4 is 5.32 Å². The van der Waals surface area contributed by atoms with Crippen molar-refractivity contribution in [2.24, 2.45) is 0 Å². The quantitative estimate of drug-likeness (QED) is 0.840. The van der Waals surface area contributed by atoms with Gasteiger partial charge in [0.05, 0.1) is 0 Å². The van der Waals surface area contributed by atoms with Crippen LogP contribution in [0.4, 0.5) is 19.0 Å². The van der Waals surface area contributed by atoms with Crippen LogP contribution in [0.15, 0.2) is 12.1 Å². The number of aryl methyl sites for hydroxylation is 1. The van der Waals surface area contributed by atoms with Crippen molar-refractivity contribution in [1.82, 2.24) is 4.98 Å². The van der Waals surface area contributed by atoms with Crippen molar-refractivity contribution >= 4 is 11.8 Å². The summed E-state index contributed by atoms with van der Waals surface area (Å²) in [7, 11) is 0. The number of anilines is 1. The molecule has 0 fully saturated rings. The highest BCUT2D eigenvalue weighted by Gasteiger charge is 2.27. The molecule has 1 aromatic heterocycles. The zero-order valence-corrected chi connectivity index (χ0v) is 8.30. The van der Waals surface area contributed by atoms with E-state index in [9.17, 15) is 18.0 Å². The van der Waals surface area contributed by atoms with E-state index in [-0.39, 0.29) is 11.4 Å². The number of nitrogens with one attached hydrogen (secondary N) is 1. The van der Waals surface area contributed by atoms with Gasteiger partial charge in [0.2, 0.25) is 0 Å². The van der Waals surface area contributed by atoms with E-state index in [4.69, 9.17) is 5.11 Å². The molecule has 4 nitrogen and oxygen atoms in total. The molecule has 0 bridgehead atoms. The third-order valence-electron chi connectivity index (χ3n) is 1.72. The van der Waals surface area contributed by atoms with Crippen molar-refractivity contribution in [2.45, 2.75) is 13.1 Å². The zero-order valence-electron chi connectivity index (χ0n) is 8.30. The lowest BCUT2D eigenvalue weighted by Crippen LogP contribution is -2.23. The molecular weight excluding hydrogens is 225 g/mol. The maximum atomic E-state index is 11.9. The van der Waals surface area contributed by atoms with Gasteiger partial charge in [-0.1, -0.05) is 0 Å². The molecule has 1 rings (SSSR count). The topological polar surface area (TPSA) is 62.2 Å². The number of carbonyl (C=O) groups is 1. The van der Waals surface area contributed by atoms with E-state index in [1.54, 1.807) is 6.92 Å². The average molecular weight is 234 g/mol. The Morgan fingerprint density at radius 2 is 2.12 bits per heavy atom. The Labute approximate surface area is 89.1 Å². The van der Waals surface area contributed by atoms with Gasteiger partial charge in [-0.25, -0.2) is 9.78 Å². The molecule has 0 aliphatic heterocycles. The number of aromatic nitrogens is 1. The number of carboxylic acids is 1. The van der Waals surface area contributed by atoms with Gasteiger partial charge in [0.15, 0.2) is 0 Å². The third kappa shape index (κ3) is 3.41. The maximum Gasteiger partial charge on any atom is 0.405 e. The number of rotatable bonds is 3. The van der Waals surface area contributed by atoms with Gasteiger partial charge in [-0.05, 0) is 19.1 Å². The van der Waals surface area contributed by atoms with Crippen molar-refractivity contribution in [2.75, 3.05) is 11.9 Å². The first-order chi connectivity index (χ1) is 7.29. The van der Waals surface area contributed by atoms with E-state index in [2.05, 4.69) is 4.98 Å². The number of aromatic carboxylic acids is 1. The van der Waals surface area contributed by atoms with Gasteiger partial charge >= 0.3 is 12.1 Å². The Bertz CT molecular complexity index is 404. The number of halogens is 3. The van der Waals surface area contributed by atoms with Gasteiger partial charge in [0.25, 0.3) is 0 Å². The van der Waals surface area contributed by atoms with Crippen LogP contribution in [0.2, 0.25) is 0 Å². The molecule has 0 spiro atoms. The molecule has 0 aliphatic rings. The van der Waals surface area contributed by atoms with E-state index >= 15 is 0 Å². The summed E-state index contributed by atoms with van der Waals surface area (Å²) in [6.07, 6.45) is -4.42. The second-order valence-corrected chi connectivity index (χ2v) is 3.12. The van der Waals surface area contributed by atoms with Crippen LogP contribution in [0.25, 0.3) is 0 Å².